The molecular weight excluding hydrogens is 394 g/mol. The highest BCUT2D eigenvalue weighted by molar-refractivity contribution is 6.05. The van der Waals surface area contributed by atoms with Crippen molar-refractivity contribution in [3.8, 4) is 5.75 Å². The summed E-state index contributed by atoms with van der Waals surface area (Å²) in [5.41, 5.74) is 3.34. The van der Waals surface area contributed by atoms with E-state index in [-0.39, 0.29) is 5.56 Å². The van der Waals surface area contributed by atoms with Crippen LogP contribution in [0.15, 0.2) is 64.1 Å². The zero-order chi connectivity index (χ0) is 22.0. The van der Waals surface area contributed by atoms with Gasteiger partial charge in [-0.1, -0.05) is 12.1 Å². The minimum Gasteiger partial charge on any atom is -0.497 e. The van der Waals surface area contributed by atoms with Crippen molar-refractivity contribution in [3.63, 3.8) is 0 Å². The number of imidazole rings is 1. The number of hydrogen-bond donors (Lipinski definition) is 1. The second kappa shape index (κ2) is 8.47. The van der Waals surface area contributed by atoms with Gasteiger partial charge in [0.25, 0.3) is 5.91 Å². The number of aromatic nitrogens is 2. The van der Waals surface area contributed by atoms with E-state index in [9.17, 15) is 9.59 Å². The van der Waals surface area contributed by atoms with Gasteiger partial charge < -0.3 is 19.0 Å². The van der Waals surface area contributed by atoms with Crippen molar-refractivity contribution in [2.24, 2.45) is 7.05 Å². The molecule has 0 aliphatic rings. The molecule has 2 heterocycles. The van der Waals surface area contributed by atoms with E-state index in [0.717, 1.165) is 22.3 Å². The minimum absolute atomic E-state index is 0.00863. The Morgan fingerprint density at radius 1 is 1.13 bits per heavy atom. The first-order valence-electron chi connectivity index (χ1n) is 9.93. The van der Waals surface area contributed by atoms with Crippen LogP contribution in [0.4, 0.5) is 5.69 Å². The second-order valence-corrected chi connectivity index (χ2v) is 7.42. The number of nitrogens with one attached hydrogen (secondary N) is 1. The van der Waals surface area contributed by atoms with Crippen LogP contribution < -0.4 is 15.7 Å². The molecule has 0 saturated carbocycles. The molecule has 0 radical (unpaired) electrons. The van der Waals surface area contributed by atoms with Crippen molar-refractivity contribution in [2.75, 3.05) is 12.4 Å². The lowest BCUT2D eigenvalue weighted by molar-refractivity contribution is 0.102. The first-order chi connectivity index (χ1) is 14.9. The Morgan fingerprint density at radius 2 is 1.90 bits per heavy atom. The van der Waals surface area contributed by atoms with Crippen LogP contribution in [-0.2, 0) is 19.9 Å². The SMILES string of the molecule is COc1ccc(CCc2cc(C)c(C(=O)Nc3ccc4c(c3)ncn4C)c(=O)o2)cc1. The molecule has 4 aromatic rings. The summed E-state index contributed by atoms with van der Waals surface area (Å²) >= 11 is 0. The minimum atomic E-state index is -0.638. The Bertz CT molecular complexity index is 1300. The number of carbonyl (C=O) groups excluding carboxylic acids is 1. The highest BCUT2D eigenvalue weighted by Gasteiger charge is 2.17. The molecule has 0 saturated heterocycles. The average molecular weight is 417 g/mol. The number of benzene rings is 2. The third kappa shape index (κ3) is 4.35. The number of fused-ring (bicyclic) bond motifs is 1. The first kappa shape index (κ1) is 20.4. The van der Waals surface area contributed by atoms with E-state index in [1.54, 1.807) is 38.6 Å². The zero-order valence-corrected chi connectivity index (χ0v) is 17.6. The fraction of sp³-hybridized carbons (Fsp3) is 0.208. The van der Waals surface area contributed by atoms with Crippen LogP contribution in [-0.4, -0.2) is 22.6 Å². The molecule has 2 aromatic carbocycles. The van der Waals surface area contributed by atoms with Gasteiger partial charge in [-0.15, -0.1) is 0 Å². The Morgan fingerprint density at radius 3 is 2.61 bits per heavy atom. The quantitative estimate of drug-likeness (QED) is 0.515. The molecule has 7 nitrogen and oxygen atoms in total. The predicted molar refractivity (Wildman–Crippen MR) is 119 cm³/mol. The molecule has 158 valence electrons. The lowest BCUT2D eigenvalue weighted by Crippen LogP contribution is -2.23. The number of hydrogen-bond acceptors (Lipinski definition) is 5. The summed E-state index contributed by atoms with van der Waals surface area (Å²) < 4.78 is 12.5. The van der Waals surface area contributed by atoms with Crippen molar-refractivity contribution < 1.29 is 13.9 Å². The summed E-state index contributed by atoms with van der Waals surface area (Å²) in [6, 6.07) is 14.9. The third-order valence-corrected chi connectivity index (χ3v) is 5.23. The molecule has 7 heteroatoms. The zero-order valence-electron chi connectivity index (χ0n) is 17.6. The lowest BCUT2D eigenvalue weighted by Gasteiger charge is -2.09. The monoisotopic (exact) mass is 417 g/mol. The van der Waals surface area contributed by atoms with Gasteiger partial charge in [0.2, 0.25) is 0 Å². The second-order valence-electron chi connectivity index (χ2n) is 7.42. The summed E-state index contributed by atoms with van der Waals surface area (Å²) in [7, 11) is 3.53. The Kier molecular flexibility index (Phi) is 5.58. The standard InChI is InChI=1S/C24H23N3O4/c1-15-12-19(10-6-16-4-8-18(30-3)9-5-16)31-24(29)22(15)23(28)26-17-7-11-21-20(13-17)25-14-27(21)2/h4-5,7-9,11-14H,6,10H2,1-3H3,(H,26,28). The molecule has 0 aliphatic carbocycles. The van der Waals surface area contributed by atoms with Crippen LogP contribution in [0.5, 0.6) is 5.75 Å². The molecule has 31 heavy (non-hydrogen) atoms. The molecule has 4 rings (SSSR count). The van der Waals surface area contributed by atoms with E-state index in [2.05, 4.69) is 10.3 Å². The van der Waals surface area contributed by atoms with Crippen molar-refractivity contribution in [2.45, 2.75) is 19.8 Å². The molecule has 0 unspecified atom stereocenters. The number of amides is 1. The van der Waals surface area contributed by atoms with Gasteiger partial charge in [-0.2, -0.15) is 0 Å². The van der Waals surface area contributed by atoms with Gasteiger partial charge >= 0.3 is 5.63 Å². The fourth-order valence-electron chi connectivity index (χ4n) is 3.54. The van der Waals surface area contributed by atoms with Gasteiger partial charge in [0, 0.05) is 19.2 Å². The third-order valence-electron chi connectivity index (χ3n) is 5.23. The molecule has 0 spiro atoms. The average Bonchev–Trinajstić information content (AvgIpc) is 3.12. The van der Waals surface area contributed by atoms with Crippen LogP contribution in [0.2, 0.25) is 0 Å². The smallest absolute Gasteiger partial charge is 0.349 e. The molecule has 2 aromatic heterocycles. The molecular formula is C24H23N3O4. The van der Waals surface area contributed by atoms with E-state index in [1.165, 1.54) is 0 Å². The van der Waals surface area contributed by atoms with Gasteiger partial charge in [-0.05, 0) is 60.9 Å². The molecule has 0 aliphatic heterocycles. The van der Waals surface area contributed by atoms with E-state index in [1.807, 2.05) is 41.9 Å². The number of aryl methyl sites for hydroxylation is 4. The van der Waals surface area contributed by atoms with Crippen LogP contribution in [0, 0.1) is 6.92 Å². The largest absolute Gasteiger partial charge is 0.497 e. The maximum Gasteiger partial charge on any atom is 0.349 e. The molecule has 0 bridgehead atoms. The van der Waals surface area contributed by atoms with Crippen LogP contribution in [0.3, 0.4) is 0 Å². The Hall–Kier alpha value is -3.87. The Balaban J connectivity index is 1.48. The van der Waals surface area contributed by atoms with Crippen molar-refractivity contribution in [1.29, 1.82) is 0 Å². The van der Waals surface area contributed by atoms with Gasteiger partial charge in [-0.25, -0.2) is 9.78 Å². The van der Waals surface area contributed by atoms with Gasteiger partial charge in [0.05, 0.1) is 24.5 Å². The van der Waals surface area contributed by atoms with Gasteiger partial charge in [0.1, 0.15) is 17.1 Å². The highest BCUT2D eigenvalue weighted by Crippen LogP contribution is 2.19. The van der Waals surface area contributed by atoms with Crippen molar-refractivity contribution in [3.05, 3.63) is 87.7 Å². The number of carbonyl (C=O) groups is 1. The summed E-state index contributed by atoms with van der Waals surface area (Å²) in [6.45, 7) is 1.74. The summed E-state index contributed by atoms with van der Waals surface area (Å²) in [4.78, 5) is 29.6. The highest BCUT2D eigenvalue weighted by atomic mass is 16.5. The number of rotatable bonds is 6. The van der Waals surface area contributed by atoms with E-state index in [4.69, 9.17) is 9.15 Å². The lowest BCUT2D eigenvalue weighted by atomic mass is 10.1. The maximum absolute atomic E-state index is 12.7. The topological polar surface area (TPSA) is 86.4 Å². The molecule has 1 N–H and O–H groups in total. The molecule has 0 fully saturated rings. The van der Waals surface area contributed by atoms with E-state index < -0.39 is 11.5 Å². The number of ether oxygens (including phenoxy) is 1. The number of methoxy groups -OCH3 is 1. The normalized spacial score (nSPS) is 10.9. The van der Waals surface area contributed by atoms with Crippen LogP contribution >= 0.6 is 0 Å². The Labute approximate surface area is 179 Å². The fourth-order valence-corrected chi connectivity index (χ4v) is 3.54. The van der Waals surface area contributed by atoms with Gasteiger partial charge in [0.15, 0.2) is 0 Å². The van der Waals surface area contributed by atoms with Crippen LogP contribution in [0.1, 0.15) is 27.2 Å². The summed E-state index contributed by atoms with van der Waals surface area (Å²) in [5, 5.41) is 2.77. The van der Waals surface area contributed by atoms with E-state index in [0.29, 0.717) is 29.9 Å². The molecule has 0 atom stereocenters. The first-order valence-corrected chi connectivity index (χ1v) is 9.93. The van der Waals surface area contributed by atoms with Gasteiger partial charge in [-0.3, -0.25) is 4.79 Å². The van der Waals surface area contributed by atoms with Crippen molar-refractivity contribution >= 4 is 22.6 Å². The number of anilines is 1. The van der Waals surface area contributed by atoms with Crippen molar-refractivity contribution in [1.82, 2.24) is 9.55 Å². The summed E-state index contributed by atoms with van der Waals surface area (Å²) in [5.74, 6) is 0.844. The summed E-state index contributed by atoms with van der Waals surface area (Å²) in [6.07, 6.45) is 2.97. The maximum atomic E-state index is 12.7. The molecule has 1 amide bonds. The number of nitrogens with zero attached hydrogens (tertiary/aromatic N) is 2. The van der Waals surface area contributed by atoms with Crippen LogP contribution in [0.25, 0.3) is 11.0 Å². The van der Waals surface area contributed by atoms with E-state index >= 15 is 0 Å². The predicted octanol–water partition coefficient (Wildman–Crippen LogP) is 3.88.